The molecule has 3 nitrogen and oxygen atoms in total. The Morgan fingerprint density at radius 1 is 1.17 bits per heavy atom. The highest BCUT2D eigenvalue weighted by Crippen LogP contribution is 2.56. The number of aryl methyl sites for hydroxylation is 2. The first-order chi connectivity index (χ1) is 10.8. The molecule has 1 heterocycles. The average Bonchev–Trinajstić information content (AvgIpc) is 2.49. The molecule has 120 valence electrons. The Kier molecular flexibility index (Phi) is 2.91. The summed E-state index contributed by atoms with van der Waals surface area (Å²) in [6.45, 7) is 8.99. The van der Waals surface area contributed by atoms with Gasteiger partial charge in [-0.05, 0) is 60.9 Å². The van der Waals surface area contributed by atoms with Crippen molar-refractivity contribution in [2.45, 2.75) is 57.8 Å². The van der Waals surface area contributed by atoms with E-state index in [0.29, 0.717) is 11.7 Å². The lowest BCUT2D eigenvalue weighted by atomic mass is 9.50. The number of rotatable bonds is 0. The number of phenolic OH excluding ortho intramolecular Hbond substituents is 1. The Hall–Kier alpha value is -1.90. The molecular weight excluding hydrogens is 284 g/mol. The second kappa shape index (κ2) is 4.56. The van der Waals surface area contributed by atoms with Crippen molar-refractivity contribution in [3.63, 3.8) is 0 Å². The molecule has 1 aromatic heterocycles. The van der Waals surface area contributed by atoms with Gasteiger partial charge in [0.15, 0.2) is 0 Å². The molecule has 0 spiro atoms. The van der Waals surface area contributed by atoms with Crippen LogP contribution in [0.4, 0.5) is 0 Å². The number of aromatic nitrogens is 2. The molecule has 0 amide bonds. The van der Waals surface area contributed by atoms with Crippen LogP contribution in [0.5, 0.6) is 5.75 Å². The van der Waals surface area contributed by atoms with Crippen molar-refractivity contribution in [1.82, 2.24) is 9.97 Å². The molecule has 0 radical (unpaired) electrons. The minimum atomic E-state index is 0.0131. The zero-order valence-corrected chi connectivity index (χ0v) is 14.3. The highest BCUT2D eigenvalue weighted by atomic mass is 16.3. The number of benzene rings is 1. The molecule has 2 aromatic rings. The smallest absolute Gasteiger partial charge is 0.125 e. The molecule has 2 atom stereocenters. The van der Waals surface area contributed by atoms with E-state index in [0.717, 1.165) is 18.7 Å². The molecule has 2 aliphatic carbocycles. The highest BCUT2D eigenvalue weighted by molar-refractivity contribution is 5.47. The van der Waals surface area contributed by atoms with Crippen LogP contribution in [0.15, 0.2) is 24.4 Å². The van der Waals surface area contributed by atoms with E-state index in [-0.39, 0.29) is 10.8 Å². The highest BCUT2D eigenvalue weighted by Gasteiger charge is 2.52. The second-order valence-electron chi connectivity index (χ2n) is 8.04. The van der Waals surface area contributed by atoms with Gasteiger partial charge in [-0.1, -0.05) is 26.8 Å². The Bertz CT molecular complexity index is 796. The summed E-state index contributed by atoms with van der Waals surface area (Å²) < 4.78 is 0. The van der Waals surface area contributed by atoms with Crippen molar-refractivity contribution < 1.29 is 5.11 Å². The summed E-state index contributed by atoms with van der Waals surface area (Å²) in [5.41, 5.74) is 5.22. The lowest BCUT2D eigenvalue weighted by molar-refractivity contribution is 0.134. The molecule has 1 aromatic carbocycles. The first-order valence-electron chi connectivity index (χ1n) is 8.48. The van der Waals surface area contributed by atoms with Gasteiger partial charge < -0.3 is 5.11 Å². The third kappa shape index (κ3) is 1.95. The van der Waals surface area contributed by atoms with Crippen LogP contribution < -0.4 is 0 Å². The standard InChI is InChI=1S/C20H24N2O/c1-12-21-11-14-10-20(4)16-9-15(23)7-5-13(16)6-8-17(20)19(2,3)18(14)22-12/h5,7,9,11,17,23H,6,8,10H2,1-4H3/t17?,20-/m1/s1. The van der Waals surface area contributed by atoms with Crippen molar-refractivity contribution in [2.75, 3.05) is 0 Å². The van der Waals surface area contributed by atoms with Crippen LogP contribution in [0.1, 0.15) is 55.4 Å². The van der Waals surface area contributed by atoms with Gasteiger partial charge in [-0.25, -0.2) is 9.97 Å². The van der Waals surface area contributed by atoms with Crippen molar-refractivity contribution in [1.29, 1.82) is 0 Å². The largest absolute Gasteiger partial charge is 0.508 e. The van der Waals surface area contributed by atoms with E-state index >= 15 is 0 Å². The summed E-state index contributed by atoms with van der Waals surface area (Å²) >= 11 is 0. The molecule has 0 bridgehead atoms. The van der Waals surface area contributed by atoms with Crippen LogP contribution in [0.2, 0.25) is 0 Å². The predicted octanol–water partition coefficient (Wildman–Crippen LogP) is 3.84. The van der Waals surface area contributed by atoms with Crippen LogP contribution >= 0.6 is 0 Å². The summed E-state index contributed by atoms with van der Waals surface area (Å²) in [5, 5.41) is 10.0. The van der Waals surface area contributed by atoms with E-state index in [1.54, 1.807) is 0 Å². The van der Waals surface area contributed by atoms with Gasteiger partial charge in [-0.15, -0.1) is 0 Å². The Labute approximate surface area is 137 Å². The number of fused-ring (bicyclic) bond motifs is 4. The third-order valence-electron chi connectivity index (χ3n) is 6.20. The molecule has 4 rings (SSSR count). The predicted molar refractivity (Wildman–Crippen MR) is 90.8 cm³/mol. The van der Waals surface area contributed by atoms with E-state index in [1.165, 1.54) is 28.8 Å². The summed E-state index contributed by atoms with van der Waals surface area (Å²) in [4.78, 5) is 9.24. The minimum absolute atomic E-state index is 0.0131. The topological polar surface area (TPSA) is 46.0 Å². The minimum Gasteiger partial charge on any atom is -0.508 e. The number of phenols is 1. The van der Waals surface area contributed by atoms with E-state index in [4.69, 9.17) is 4.98 Å². The maximum absolute atomic E-state index is 10.0. The SMILES string of the molecule is Cc1ncc2c(n1)C(C)(C)C1CCc3ccc(O)cc3[C@@]1(C)C2. The first-order valence-corrected chi connectivity index (χ1v) is 8.48. The molecule has 3 heteroatoms. The fourth-order valence-corrected chi connectivity index (χ4v) is 5.24. The maximum Gasteiger partial charge on any atom is 0.125 e. The number of nitrogens with zero attached hydrogens (tertiary/aromatic N) is 2. The first kappa shape index (κ1) is 14.7. The van der Waals surface area contributed by atoms with Gasteiger partial charge in [0.2, 0.25) is 0 Å². The maximum atomic E-state index is 10.0. The van der Waals surface area contributed by atoms with Gasteiger partial charge in [0.25, 0.3) is 0 Å². The van der Waals surface area contributed by atoms with Crippen molar-refractivity contribution in [3.05, 3.63) is 52.6 Å². The summed E-state index contributed by atoms with van der Waals surface area (Å²) in [6, 6.07) is 5.90. The lowest BCUT2D eigenvalue weighted by Crippen LogP contribution is -2.52. The molecule has 23 heavy (non-hydrogen) atoms. The molecule has 2 aliphatic rings. The fraction of sp³-hybridized carbons (Fsp3) is 0.500. The van der Waals surface area contributed by atoms with E-state index < -0.39 is 0 Å². The Morgan fingerprint density at radius 3 is 2.74 bits per heavy atom. The molecule has 0 saturated carbocycles. The van der Waals surface area contributed by atoms with Gasteiger partial charge in [-0.2, -0.15) is 0 Å². The van der Waals surface area contributed by atoms with Crippen molar-refractivity contribution >= 4 is 0 Å². The second-order valence-corrected chi connectivity index (χ2v) is 8.04. The van der Waals surface area contributed by atoms with Gasteiger partial charge >= 0.3 is 0 Å². The van der Waals surface area contributed by atoms with Crippen LogP contribution in [0.25, 0.3) is 0 Å². The summed E-state index contributed by atoms with van der Waals surface area (Å²) in [5.74, 6) is 1.75. The van der Waals surface area contributed by atoms with Gasteiger partial charge in [0.1, 0.15) is 11.6 Å². The quantitative estimate of drug-likeness (QED) is 0.804. The molecule has 0 aliphatic heterocycles. The fourth-order valence-electron chi connectivity index (χ4n) is 5.24. The molecule has 1 unspecified atom stereocenters. The van der Waals surface area contributed by atoms with Gasteiger partial charge in [-0.3, -0.25) is 0 Å². The van der Waals surface area contributed by atoms with E-state index in [2.05, 4.69) is 31.8 Å². The summed E-state index contributed by atoms with van der Waals surface area (Å²) in [6.07, 6.45) is 5.22. The van der Waals surface area contributed by atoms with Crippen LogP contribution in [0.3, 0.4) is 0 Å². The van der Waals surface area contributed by atoms with Crippen LogP contribution in [-0.4, -0.2) is 15.1 Å². The number of hydrogen-bond acceptors (Lipinski definition) is 3. The molecule has 0 saturated heterocycles. The van der Waals surface area contributed by atoms with Crippen molar-refractivity contribution in [2.24, 2.45) is 5.92 Å². The monoisotopic (exact) mass is 308 g/mol. The molecular formula is C20H24N2O. The zero-order valence-electron chi connectivity index (χ0n) is 14.3. The van der Waals surface area contributed by atoms with Crippen LogP contribution in [0, 0.1) is 12.8 Å². The molecule has 1 N–H and O–H groups in total. The van der Waals surface area contributed by atoms with Gasteiger partial charge in [0, 0.05) is 17.0 Å². The zero-order chi connectivity index (χ0) is 16.4. The Balaban J connectivity index is 1.95. The average molecular weight is 308 g/mol. The number of aromatic hydroxyl groups is 1. The Morgan fingerprint density at radius 2 is 1.96 bits per heavy atom. The molecule has 0 fully saturated rings. The third-order valence-corrected chi connectivity index (χ3v) is 6.20. The normalized spacial score (nSPS) is 27.7. The van der Waals surface area contributed by atoms with Crippen LogP contribution in [-0.2, 0) is 23.7 Å². The number of hydrogen-bond donors (Lipinski definition) is 1. The lowest BCUT2D eigenvalue weighted by Gasteiger charge is -2.54. The van der Waals surface area contributed by atoms with E-state index in [9.17, 15) is 5.11 Å². The van der Waals surface area contributed by atoms with Crippen molar-refractivity contribution in [3.8, 4) is 5.75 Å². The van der Waals surface area contributed by atoms with Gasteiger partial charge in [0.05, 0.1) is 5.69 Å². The summed E-state index contributed by atoms with van der Waals surface area (Å²) in [7, 11) is 0. The van der Waals surface area contributed by atoms with E-state index in [1.807, 2.05) is 25.3 Å².